The van der Waals surface area contributed by atoms with E-state index in [2.05, 4.69) is 26.8 Å². The molecule has 0 bridgehead atoms. The molecule has 1 aromatic rings. The smallest absolute Gasteiger partial charge is 0.119 e. The topological polar surface area (TPSA) is 29.5 Å². The molecule has 0 amide bonds. The van der Waals surface area contributed by atoms with Gasteiger partial charge in [0.25, 0.3) is 0 Å². The lowest BCUT2D eigenvalue weighted by molar-refractivity contribution is 0.279. The van der Waals surface area contributed by atoms with Crippen LogP contribution < -0.4 is 4.74 Å². The van der Waals surface area contributed by atoms with Crippen molar-refractivity contribution >= 4 is 0 Å². The molecule has 1 rings (SSSR count). The number of phenols is 1. The molecule has 19 heavy (non-hydrogen) atoms. The fraction of sp³-hybridized carbons (Fsp3) is 0.529. The molecular weight excluding hydrogens is 236 g/mol. The van der Waals surface area contributed by atoms with E-state index >= 15 is 0 Å². The maximum atomic E-state index is 9.17. The third-order valence-electron chi connectivity index (χ3n) is 3.43. The van der Waals surface area contributed by atoms with Crippen LogP contribution in [0.25, 0.3) is 0 Å². The first-order valence-corrected chi connectivity index (χ1v) is 7.19. The summed E-state index contributed by atoms with van der Waals surface area (Å²) in [7, 11) is 0. The Bertz CT molecular complexity index is 379. The van der Waals surface area contributed by atoms with Gasteiger partial charge in [0.1, 0.15) is 11.5 Å². The summed E-state index contributed by atoms with van der Waals surface area (Å²) >= 11 is 0. The Kier molecular flexibility index (Phi) is 7.09. The fourth-order valence-corrected chi connectivity index (χ4v) is 1.82. The first kappa shape index (κ1) is 15.6. The number of aromatic hydroxyl groups is 1. The maximum Gasteiger partial charge on any atom is 0.119 e. The summed E-state index contributed by atoms with van der Waals surface area (Å²) in [5.41, 5.74) is 1.48. The SMILES string of the molecule is CCC(C)=CCCC(C)CCOc1ccc(O)cc1. The molecule has 0 aromatic heterocycles. The van der Waals surface area contributed by atoms with Gasteiger partial charge in [-0.3, -0.25) is 0 Å². The Morgan fingerprint density at radius 1 is 1.26 bits per heavy atom. The zero-order chi connectivity index (χ0) is 14.1. The molecule has 0 fully saturated rings. The van der Waals surface area contributed by atoms with Crippen LogP contribution in [0.1, 0.15) is 46.5 Å². The van der Waals surface area contributed by atoms with Crippen LogP contribution in [0, 0.1) is 5.92 Å². The van der Waals surface area contributed by atoms with Gasteiger partial charge in [0.15, 0.2) is 0 Å². The third kappa shape index (κ3) is 6.90. The van der Waals surface area contributed by atoms with E-state index in [1.165, 1.54) is 18.4 Å². The lowest BCUT2D eigenvalue weighted by atomic mass is 10.0. The number of hydrogen-bond acceptors (Lipinski definition) is 2. The van der Waals surface area contributed by atoms with Crippen LogP contribution in [-0.2, 0) is 0 Å². The van der Waals surface area contributed by atoms with Crippen LogP contribution in [0.4, 0.5) is 0 Å². The maximum absolute atomic E-state index is 9.17. The van der Waals surface area contributed by atoms with Crippen LogP contribution in [-0.4, -0.2) is 11.7 Å². The average Bonchev–Trinajstić information content (AvgIpc) is 2.41. The van der Waals surface area contributed by atoms with Crippen molar-refractivity contribution in [2.75, 3.05) is 6.61 Å². The first-order valence-electron chi connectivity index (χ1n) is 7.19. The molecule has 2 nitrogen and oxygen atoms in total. The molecule has 1 atom stereocenters. The largest absolute Gasteiger partial charge is 0.508 e. The molecule has 2 heteroatoms. The summed E-state index contributed by atoms with van der Waals surface area (Å²) in [5.74, 6) is 1.78. The zero-order valence-corrected chi connectivity index (χ0v) is 12.4. The number of hydrogen-bond donors (Lipinski definition) is 1. The number of ether oxygens (including phenoxy) is 1. The minimum absolute atomic E-state index is 0.277. The van der Waals surface area contributed by atoms with E-state index in [-0.39, 0.29) is 5.75 Å². The molecule has 0 spiro atoms. The van der Waals surface area contributed by atoms with E-state index in [0.717, 1.165) is 25.2 Å². The van der Waals surface area contributed by atoms with Gasteiger partial charge in [-0.2, -0.15) is 0 Å². The molecule has 106 valence electrons. The number of phenolic OH excluding ortho intramolecular Hbond substituents is 1. The van der Waals surface area contributed by atoms with Crippen molar-refractivity contribution in [1.82, 2.24) is 0 Å². The monoisotopic (exact) mass is 262 g/mol. The first-order chi connectivity index (χ1) is 9.11. The number of rotatable bonds is 8. The fourth-order valence-electron chi connectivity index (χ4n) is 1.82. The van der Waals surface area contributed by atoms with Crippen molar-refractivity contribution in [3.63, 3.8) is 0 Å². The predicted molar refractivity (Wildman–Crippen MR) is 80.7 cm³/mol. The molecule has 0 heterocycles. The van der Waals surface area contributed by atoms with Crippen molar-refractivity contribution in [3.05, 3.63) is 35.9 Å². The van der Waals surface area contributed by atoms with Gasteiger partial charge in [-0.25, -0.2) is 0 Å². The van der Waals surface area contributed by atoms with Gasteiger partial charge in [0, 0.05) is 0 Å². The Hall–Kier alpha value is -1.44. The van der Waals surface area contributed by atoms with Crippen molar-refractivity contribution in [3.8, 4) is 11.5 Å². The molecule has 0 aliphatic rings. The van der Waals surface area contributed by atoms with E-state index in [9.17, 15) is 5.11 Å². The summed E-state index contributed by atoms with van der Waals surface area (Å²) in [6.45, 7) is 7.40. The van der Waals surface area contributed by atoms with Crippen molar-refractivity contribution in [2.24, 2.45) is 5.92 Å². The molecule has 0 saturated heterocycles. The van der Waals surface area contributed by atoms with Gasteiger partial charge >= 0.3 is 0 Å². The van der Waals surface area contributed by atoms with E-state index in [0.29, 0.717) is 5.92 Å². The molecule has 0 aliphatic carbocycles. The highest BCUT2D eigenvalue weighted by Crippen LogP contribution is 2.17. The molecule has 1 N–H and O–H groups in total. The van der Waals surface area contributed by atoms with Crippen molar-refractivity contribution < 1.29 is 9.84 Å². The Balaban J connectivity index is 2.16. The molecule has 1 unspecified atom stereocenters. The number of allylic oxidation sites excluding steroid dienone is 2. The van der Waals surface area contributed by atoms with Gasteiger partial charge in [-0.1, -0.05) is 25.5 Å². The summed E-state index contributed by atoms with van der Waals surface area (Å²) in [4.78, 5) is 0. The van der Waals surface area contributed by atoms with Gasteiger partial charge in [-0.15, -0.1) is 0 Å². The van der Waals surface area contributed by atoms with Gasteiger partial charge in [-0.05, 0) is 62.8 Å². The molecule has 0 radical (unpaired) electrons. The average molecular weight is 262 g/mol. The number of benzene rings is 1. The van der Waals surface area contributed by atoms with Crippen LogP contribution in [0.2, 0.25) is 0 Å². The quantitative estimate of drug-likeness (QED) is 0.673. The lowest BCUT2D eigenvalue weighted by Crippen LogP contribution is -2.04. The molecule has 0 saturated carbocycles. The highest BCUT2D eigenvalue weighted by molar-refractivity contribution is 5.29. The minimum atomic E-state index is 0.277. The Morgan fingerprint density at radius 3 is 2.58 bits per heavy atom. The van der Waals surface area contributed by atoms with Gasteiger partial charge in [0.05, 0.1) is 6.61 Å². The van der Waals surface area contributed by atoms with E-state index in [4.69, 9.17) is 4.74 Å². The van der Waals surface area contributed by atoms with Crippen molar-refractivity contribution in [1.29, 1.82) is 0 Å². The van der Waals surface area contributed by atoms with Gasteiger partial charge in [0.2, 0.25) is 0 Å². The summed E-state index contributed by atoms with van der Waals surface area (Å²) in [5, 5.41) is 9.17. The lowest BCUT2D eigenvalue weighted by Gasteiger charge is -2.11. The summed E-state index contributed by atoms with van der Waals surface area (Å²) in [6, 6.07) is 6.90. The standard InChI is InChI=1S/C17H26O2/c1-4-14(2)6-5-7-15(3)12-13-19-17-10-8-16(18)9-11-17/h6,8-11,15,18H,4-5,7,12-13H2,1-3H3. The Labute approximate surface area is 117 Å². The molecule has 1 aromatic carbocycles. The normalized spacial score (nSPS) is 13.3. The van der Waals surface area contributed by atoms with E-state index < -0.39 is 0 Å². The third-order valence-corrected chi connectivity index (χ3v) is 3.43. The highest BCUT2D eigenvalue weighted by atomic mass is 16.5. The summed E-state index contributed by atoms with van der Waals surface area (Å²) in [6.07, 6.45) is 6.95. The van der Waals surface area contributed by atoms with Crippen LogP contribution in [0.3, 0.4) is 0 Å². The second-order valence-electron chi connectivity index (χ2n) is 5.22. The second-order valence-corrected chi connectivity index (χ2v) is 5.22. The van der Waals surface area contributed by atoms with E-state index in [1.807, 2.05) is 0 Å². The minimum Gasteiger partial charge on any atom is -0.508 e. The molecular formula is C17H26O2. The van der Waals surface area contributed by atoms with Crippen LogP contribution in [0.15, 0.2) is 35.9 Å². The van der Waals surface area contributed by atoms with E-state index in [1.54, 1.807) is 24.3 Å². The van der Waals surface area contributed by atoms with Gasteiger partial charge < -0.3 is 9.84 Å². The predicted octanol–water partition coefficient (Wildman–Crippen LogP) is 4.93. The molecule has 0 aliphatic heterocycles. The zero-order valence-electron chi connectivity index (χ0n) is 12.4. The van der Waals surface area contributed by atoms with Crippen LogP contribution >= 0.6 is 0 Å². The van der Waals surface area contributed by atoms with Crippen molar-refractivity contribution in [2.45, 2.75) is 46.5 Å². The summed E-state index contributed by atoms with van der Waals surface area (Å²) < 4.78 is 5.65. The highest BCUT2D eigenvalue weighted by Gasteiger charge is 2.02. The second kappa shape index (κ2) is 8.63. The van der Waals surface area contributed by atoms with Crippen LogP contribution in [0.5, 0.6) is 11.5 Å². The Morgan fingerprint density at radius 2 is 1.95 bits per heavy atom.